The summed E-state index contributed by atoms with van der Waals surface area (Å²) >= 11 is 0. The molecule has 2 aromatic carbocycles. The highest BCUT2D eigenvalue weighted by Crippen LogP contribution is 2.11. The Bertz CT molecular complexity index is 772. The smallest absolute Gasteiger partial charge is 0.238 e. The van der Waals surface area contributed by atoms with Gasteiger partial charge in [-0.3, -0.25) is 9.69 Å². The topological polar surface area (TPSA) is 66.5 Å². The quantitative estimate of drug-likeness (QED) is 0.836. The van der Waals surface area contributed by atoms with Gasteiger partial charge in [0.25, 0.3) is 0 Å². The zero-order valence-corrected chi connectivity index (χ0v) is 14.7. The summed E-state index contributed by atoms with van der Waals surface area (Å²) in [6.45, 7) is 2.41. The molecule has 0 radical (unpaired) electrons. The molecule has 0 spiro atoms. The van der Waals surface area contributed by atoms with Crippen LogP contribution in [0, 0.1) is 6.92 Å². The number of benzene rings is 2. The van der Waals surface area contributed by atoms with Crippen LogP contribution in [-0.4, -0.2) is 45.1 Å². The Labute approximate surface area is 143 Å². The first-order valence-corrected chi connectivity index (χ1v) is 9.35. The summed E-state index contributed by atoms with van der Waals surface area (Å²) in [5.41, 5.74) is 1.85. The summed E-state index contributed by atoms with van der Waals surface area (Å²) in [5.74, 6) is -0.191. The molecular formula is C18H22N2O3S. The second kappa shape index (κ2) is 8.08. The van der Waals surface area contributed by atoms with Gasteiger partial charge in [0, 0.05) is 12.2 Å². The van der Waals surface area contributed by atoms with E-state index in [0.717, 1.165) is 11.3 Å². The summed E-state index contributed by atoms with van der Waals surface area (Å²) in [5, 5.41) is 2.80. The molecule has 0 aliphatic heterocycles. The van der Waals surface area contributed by atoms with Gasteiger partial charge in [-0.15, -0.1) is 0 Å². The molecule has 0 saturated carbocycles. The number of nitrogens with zero attached hydrogens (tertiary/aromatic N) is 1. The van der Waals surface area contributed by atoms with Gasteiger partial charge in [0.2, 0.25) is 5.91 Å². The number of likely N-dealkylation sites (N-methyl/N-ethyl adjacent to an activating group) is 1. The van der Waals surface area contributed by atoms with E-state index < -0.39 is 9.84 Å². The molecule has 1 N–H and O–H groups in total. The van der Waals surface area contributed by atoms with E-state index in [9.17, 15) is 13.2 Å². The van der Waals surface area contributed by atoms with Gasteiger partial charge in [-0.25, -0.2) is 8.42 Å². The predicted octanol–water partition coefficient (Wildman–Crippen LogP) is 2.34. The van der Waals surface area contributed by atoms with Crippen molar-refractivity contribution >= 4 is 21.4 Å². The Morgan fingerprint density at radius 1 is 1.04 bits per heavy atom. The molecule has 2 rings (SSSR count). The third-order valence-electron chi connectivity index (χ3n) is 3.59. The van der Waals surface area contributed by atoms with Crippen molar-refractivity contribution in [1.82, 2.24) is 4.90 Å². The minimum absolute atomic E-state index is 0.0225. The van der Waals surface area contributed by atoms with Gasteiger partial charge in [-0.05, 0) is 38.2 Å². The van der Waals surface area contributed by atoms with Crippen molar-refractivity contribution in [1.29, 1.82) is 0 Å². The van der Waals surface area contributed by atoms with E-state index in [-0.39, 0.29) is 18.2 Å². The molecule has 2 aromatic rings. The SMILES string of the molecule is Cc1ccc(NC(=O)CN(C)CCS(=O)(=O)c2ccccc2)cc1. The Kier molecular flexibility index (Phi) is 6.11. The van der Waals surface area contributed by atoms with E-state index in [0.29, 0.717) is 11.4 Å². The minimum Gasteiger partial charge on any atom is -0.325 e. The van der Waals surface area contributed by atoms with Crippen LogP contribution in [0.3, 0.4) is 0 Å². The molecule has 0 fully saturated rings. The standard InChI is InChI=1S/C18H22N2O3S/c1-15-8-10-16(11-9-15)19-18(21)14-20(2)12-13-24(22,23)17-6-4-3-5-7-17/h3-11H,12-14H2,1-2H3,(H,19,21). The minimum atomic E-state index is -3.33. The first-order valence-electron chi connectivity index (χ1n) is 7.70. The number of carbonyl (C=O) groups is 1. The third-order valence-corrected chi connectivity index (χ3v) is 5.30. The zero-order chi connectivity index (χ0) is 17.6. The third kappa shape index (κ3) is 5.47. The van der Waals surface area contributed by atoms with Crippen molar-refractivity contribution in [3.05, 3.63) is 60.2 Å². The lowest BCUT2D eigenvalue weighted by Crippen LogP contribution is -2.33. The Balaban J connectivity index is 1.83. The van der Waals surface area contributed by atoms with Crippen LogP contribution in [0.1, 0.15) is 5.56 Å². The molecule has 0 heterocycles. The number of amides is 1. The van der Waals surface area contributed by atoms with Gasteiger partial charge in [0.1, 0.15) is 0 Å². The maximum absolute atomic E-state index is 12.2. The highest BCUT2D eigenvalue weighted by Gasteiger charge is 2.16. The van der Waals surface area contributed by atoms with Crippen molar-refractivity contribution in [2.45, 2.75) is 11.8 Å². The Morgan fingerprint density at radius 2 is 1.67 bits per heavy atom. The molecule has 6 heteroatoms. The molecule has 0 aliphatic rings. The average Bonchev–Trinajstić information content (AvgIpc) is 2.56. The maximum atomic E-state index is 12.2. The van der Waals surface area contributed by atoms with Crippen molar-refractivity contribution in [2.24, 2.45) is 0 Å². The predicted molar refractivity (Wildman–Crippen MR) is 95.8 cm³/mol. The van der Waals surface area contributed by atoms with Crippen molar-refractivity contribution in [3.8, 4) is 0 Å². The molecule has 5 nitrogen and oxygen atoms in total. The van der Waals surface area contributed by atoms with E-state index in [1.165, 1.54) is 0 Å². The van der Waals surface area contributed by atoms with Crippen LogP contribution in [0.5, 0.6) is 0 Å². The van der Waals surface area contributed by atoms with Crippen LogP contribution < -0.4 is 5.32 Å². The molecule has 0 atom stereocenters. The van der Waals surface area contributed by atoms with Gasteiger partial charge in [0.15, 0.2) is 9.84 Å². The summed E-state index contributed by atoms with van der Waals surface area (Å²) < 4.78 is 24.4. The fourth-order valence-corrected chi connectivity index (χ4v) is 3.54. The van der Waals surface area contributed by atoms with Crippen LogP contribution in [0.2, 0.25) is 0 Å². The molecule has 0 unspecified atom stereocenters. The normalized spacial score (nSPS) is 11.5. The monoisotopic (exact) mass is 346 g/mol. The largest absolute Gasteiger partial charge is 0.325 e. The molecule has 24 heavy (non-hydrogen) atoms. The molecule has 0 saturated heterocycles. The number of sulfone groups is 1. The van der Waals surface area contributed by atoms with Crippen molar-refractivity contribution < 1.29 is 13.2 Å². The van der Waals surface area contributed by atoms with E-state index in [4.69, 9.17) is 0 Å². The number of aryl methyl sites for hydroxylation is 1. The highest BCUT2D eigenvalue weighted by molar-refractivity contribution is 7.91. The molecule has 0 aliphatic carbocycles. The lowest BCUT2D eigenvalue weighted by molar-refractivity contribution is -0.117. The molecule has 0 aromatic heterocycles. The number of rotatable bonds is 7. The van der Waals surface area contributed by atoms with Gasteiger partial charge in [-0.2, -0.15) is 0 Å². The van der Waals surface area contributed by atoms with Crippen LogP contribution in [0.4, 0.5) is 5.69 Å². The van der Waals surface area contributed by atoms with E-state index in [1.807, 2.05) is 31.2 Å². The van der Waals surface area contributed by atoms with Gasteiger partial charge in [0.05, 0.1) is 17.2 Å². The van der Waals surface area contributed by atoms with Crippen molar-refractivity contribution in [2.75, 3.05) is 31.2 Å². The van der Waals surface area contributed by atoms with Crippen molar-refractivity contribution in [3.63, 3.8) is 0 Å². The highest BCUT2D eigenvalue weighted by atomic mass is 32.2. The van der Waals surface area contributed by atoms with Gasteiger partial charge >= 0.3 is 0 Å². The number of hydrogen-bond donors (Lipinski definition) is 1. The number of nitrogens with one attached hydrogen (secondary N) is 1. The second-order valence-electron chi connectivity index (χ2n) is 5.78. The lowest BCUT2D eigenvalue weighted by Gasteiger charge is -2.16. The Morgan fingerprint density at radius 3 is 2.29 bits per heavy atom. The number of carbonyl (C=O) groups excluding carboxylic acids is 1. The number of anilines is 1. The second-order valence-corrected chi connectivity index (χ2v) is 7.89. The summed E-state index contributed by atoms with van der Waals surface area (Å²) in [4.78, 5) is 14.0. The lowest BCUT2D eigenvalue weighted by atomic mass is 10.2. The number of hydrogen-bond acceptors (Lipinski definition) is 4. The summed E-state index contributed by atoms with van der Waals surface area (Å²) in [6.07, 6.45) is 0. The first kappa shape index (κ1) is 18.2. The zero-order valence-electron chi connectivity index (χ0n) is 13.9. The van der Waals surface area contributed by atoms with Crippen LogP contribution in [0.15, 0.2) is 59.5 Å². The fourth-order valence-electron chi connectivity index (χ4n) is 2.18. The van der Waals surface area contributed by atoms with E-state index >= 15 is 0 Å². The van der Waals surface area contributed by atoms with Gasteiger partial charge in [-0.1, -0.05) is 35.9 Å². The summed E-state index contributed by atoms with van der Waals surface area (Å²) in [6, 6.07) is 15.9. The average molecular weight is 346 g/mol. The van der Waals surface area contributed by atoms with Gasteiger partial charge < -0.3 is 5.32 Å². The fraction of sp³-hybridized carbons (Fsp3) is 0.278. The van der Waals surface area contributed by atoms with E-state index in [1.54, 1.807) is 42.3 Å². The van der Waals surface area contributed by atoms with Crippen LogP contribution in [-0.2, 0) is 14.6 Å². The molecule has 1 amide bonds. The van der Waals surface area contributed by atoms with Crippen LogP contribution >= 0.6 is 0 Å². The molecule has 128 valence electrons. The Hall–Kier alpha value is -2.18. The van der Waals surface area contributed by atoms with E-state index in [2.05, 4.69) is 5.32 Å². The molecular weight excluding hydrogens is 324 g/mol. The molecule has 0 bridgehead atoms. The maximum Gasteiger partial charge on any atom is 0.238 e. The first-order chi connectivity index (χ1) is 11.4. The van der Waals surface area contributed by atoms with Crippen LogP contribution in [0.25, 0.3) is 0 Å². The summed E-state index contributed by atoms with van der Waals surface area (Å²) in [7, 11) is -1.60.